The Kier molecular flexibility index (Phi) is 5.19. The quantitative estimate of drug-likeness (QED) is 0.759. The van der Waals surface area contributed by atoms with E-state index >= 15 is 0 Å². The van der Waals surface area contributed by atoms with E-state index in [1.807, 2.05) is 22.9 Å². The van der Waals surface area contributed by atoms with Gasteiger partial charge in [0.2, 0.25) is 5.16 Å². The van der Waals surface area contributed by atoms with Crippen molar-refractivity contribution >= 4 is 17.5 Å². The first-order chi connectivity index (χ1) is 11.3. The number of methoxy groups -OCH3 is 1. The van der Waals surface area contributed by atoms with Gasteiger partial charge >= 0.3 is 0 Å². The average molecular weight is 331 g/mol. The van der Waals surface area contributed by atoms with Crippen molar-refractivity contribution in [1.82, 2.24) is 14.9 Å². The second kappa shape index (κ2) is 7.52. The Bertz CT molecular complexity index is 698. The first kappa shape index (κ1) is 15.9. The number of thioether (sulfide) groups is 1. The van der Waals surface area contributed by atoms with Crippen LogP contribution in [0.5, 0.6) is 5.75 Å². The fraction of sp³-hybridized carbons (Fsp3) is 0.375. The predicted octanol–water partition coefficient (Wildman–Crippen LogP) is 2.61. The number of unbranched alkanes of at least 4 members (excludes halogenated alkanes) is 2. The van der Waals surface area contributed by atoms with Crippen LogP contribution in [0.4, 0.5) is 0 Å². The summed E-state index contributed by atoms with van der Waals surface area (Å²) in [7, 11) is 1.67. The van der Waals surface area contributed by atoms with Gasteiger partial charge in [0.15, 0.2) is 5.82 Å². The Morgan fingerprint density at radius 2 is 2.17 bits per heavy atom. The number of hydrogen-bond acceptors (Lipinski definition) is 6. The van der Waals surface area contributed by atoms with Gasteiger partial charge in [0.25, 0.3) is 0 Å². The van der Waals surface area contributed by atoms with Gasteiger partial charge in [-0.1, -0.05) is 30.3 Å². The molecular weight excluding hydrogens is 310 g/mol. The fourth-order valence-electron chi connectivity index (χ4n) is 2.44. The topological polar surface area (TPSA) is 78.0 Å². The first-order valence-electron chi connectivity index (χ1n) is 7.74. The van der Waals surface area contributed by atoms with Gasteiger partial charge in [-0.3, -0.25) is 5.43 Å². The molecule has 0 saturated carbocycles. The molecule has 0 atom stereocenters. The van der Waals surface area contributed by atoms with E-state index in [0.717, 1.165) is 60.2 Å². The molecule has 3 N–H and O–H groups in total. The highest BCUT2D eigenvalue weighted by Gasteiger charge is 2.18. The maximum absolute atomic E-state index is 5.54. The molecule has 23 heavy (non-hydrogen) atoms. The zero-order valence-corrected chi connectivity index (χ0v) is 14.0. The fourth-order valence-corrected chi connectivity index (χ4v) is 3.19. The Hall–Kier alpha value is -1.99. The molecule has 0 saturated heterocycles. The van der Waals surface area contributed by atoms with Crippen LogP contribution in [-0.2, 0) is 6.42 Å². The van der Waals surface area contributed by atoms with Crippen LogP contribution in [0.25, 0.3) is 5.70 Å². The summed E-state index contributed by atoms with van der Waals surface area (Å²) >= 11 is 1.57. The number of aryl methyl sites for hydroxylation is 1. The molecule has 0 unspecified atom stereocenters. The lowest BCUT2D eigenvalue weighted by Crippen LogP contribution is -2.20. The van der Waals surface area contributed by atoms with Gasteiger partial charge in [-0.05, 0) is 31.5 Å². The summed E-state index contributed by atoms with van der Waals surface area (Å²) in [5.74, 6) is 1.80. The van der Waals surface area contributed by atoms with Crippen LogP contribution in [0.15, 0.2) is 34.8 Å². The number of fused-ring (bicyclic) bond motifs is 1. The van der Waals surface area contributed by atoms with E-state index in [2.05, 4.69) is 27.1 Å². The zero-order chi connectivity index (χ0) is 16.1. The monoisotopic (exact) mass is 331 g/mol. The summed E-state index contributed by atoms with van der Waals surface area (Å²) in [6.07, 6.45) is 4.13. The zero-order valence-electron chi connectivity index (χ0n) is 13.2. The van der Waals surface area contributed by atoms with Crippen molar-refractivity contribution in [3.05, 3.63) is 41.1 Å². The van der Waals surface area contributed by atoms with Crippen molar-refractivity contribution in [2.75, 3.05) is 19.1 Å². The normalized spacial score (nSPS) is 13.2. The minimum absolute atomic E-state index is 0.745. The smallest absolute Gasteiger partial charge is 0.214 e. The molecule has 2 heterocycles. The van der Waals surface area contributed by atoms with Crippen molar-refractivity contribution in [2.45, 2.75) is 30.8 Å². The van der Waals surface area contributed by atoms with Crippen LogP contribution in [0.2, 0.25) is 0 Å². The highest BCUT2D eigenvalue weighted by atomic mass is 32.2. The van der Waals surface area contributed by atoms with Crippen LogP contribution in [0.1, 0.15) is 30.7 Å². The highest BCUT2D eigenvalue weighted by Crippen LogP contribution is 2.29. The molecule has 0 bridgehead atoms. The summed E-state index contributed by atoms with van der Waals surface area (Å²) in [6, 6.07) is 7.98. The van der Waals surface area contributed by atoms with Crippen molar-refractivity contribution in [2.24, 2.45) is 5.73 Å². The molecule has 3 rings (SSSR count). The molecule has 0 amide bonds. The lowest BCUT2D eigenvalue weighted by molar-refractivity contribution is 0.414. The summed E-state index contributed by atoms with van der Waals surface area (Å²) in [6.45, 7) is 0.745. The predicted molar refractivity (Wildman–Crippen MR) is 92.8 cm³/mol. The van der Waals surface area contributed by atoms with Crippen molar-refractivity contribution in [3.8, 4) is 5.75 Å². The molecule has 1 aliphatic rings. The summed E-state index contributed by atoms with van der Waals surface area (Å²) in [5, 5.41) is 11.5. The van der Waals surface area contributed by atoms with Gasteiger partial charge < -0.3 is 10.5 Å². The molecule has 6 nitrogen and oxygen atoms in total. The molecule has 2 aromatic rings. The van der Waals surface area contributed by atoms with Gasteiger partial charge in [0.1, 0.15) is 5.75 Å². The lowest BCUT2D eigenvalue weighted by atomic mass is 10.1. The Morgan fingerprint density at radius 3 is 3.00 bits per heavy atom. The summed E-state index contributed by atoms with van der Waals surface area (Å²) in [5.41, 5.74) is 11.0. The van der Waals surface area contributed by atoms with Gasteiger partial charge in [-0.25, -0.2) is 4.68 Å². The van der Waals surface area contributed by atoms with Gasteiger partial charge in [-0.15, -0.1) is 10.2 Å². The van der Waals surface area contributed by atoms with Crippen LogP contribution in [0, 0.1) is 0 Å². The molecule has 0 fully saturated rings. The third kappa shape index (κ3) is 3.68. The second-order valence-electron chi connectivity index (χ2n) is 5.33. The van der Waals surface area contributed by atoms with Crippen LogP contribution < -0.4 is 15.9 Å². The molecule has 1 aromatic carbocycles. The minimum Gasteiger partial charge on any atom is -0.497 e. The number of rotatable bonds is 7. The number of nitrogens with zero attached hydrogens (tertiary/aromatic N) is 3. The average Bonchev–Trinajstić information content (AvgIpc) is 3.01. The van der Waals surface area contributed by atoms with E-state index in [1.165, 1.54) is 0 Å². The molecule has 1 aliphatic heterocycles. The van der Waals surface area contributed by atoms with Gasteiger partial charge in [-0.2, -0.15) is 0 Å². The molecule has 1 aromatic heterocycles. The van der Waals surface area contributed by atoms with Gasteiger partial charge in [0, 0.05) is 17.4 Å². The van der Waals surface area contributed by atoms with Crippen molar-refractivity contribution in [1.29, 1.82) is 0 Å². The lowest BCUT2D eigenvalue weighted by Gasteiger charge is -2.19. The Balaban J connectivity index is 1.72. The molecule has 0 spiro atoms. The van der Waals surface area contributed by atoms with Crippen molar-refractivity contribution in [3.63, 3.8) is 0 Å². The first-order valence-corrected chi connectivity index (χ1v) is 8.62. The number of benzene rings is 1. The molecule has 7 heteroatoms. The second-order valence-corrected chi connectivity index (χ2v) is 6.16. The maximum atomic E-state index is 5.54. The van der Waals surface area contributed by atoms with E-state index in [-0.39, 0.29) is 0 Å². The largest absolute Gasteiger partial charge is 0.497 e. The molecule has 0 aliphatic carbocycles. The van der Waals surface area contributed by atoms with Crippen molar-refractivity contribution < 1.29 is 4.74 Å². The Labute approximate surface area is 140 Å². The summed E-state index contributed by atoms with van der Waals surface area (Å²) < 4.78 is 7.27. The van der Waals surface area contributed by atoms with E-state index in [9.17, 15) is 0 Å². The van der Waals surface area contributed by atoms with E-state index in [1.54, 1.807) is 18.9 Å². The Morgan fingerprint density at radius 1 is 1.26 bits per heavy atom. The van der Waals surface area contributed by atoms with Crippen LogP contribution >= 0.6 is 11.8 Å². The summed E-state index contributed by atoms with van der Waals surface area (Å²) in [4.78, 5) is 0. The van der Waals surface area contributed by atoms with Gasteiger partial charge in [0.05, 0.1) is 12.8 Å². The third-order valence-corrected chi connectivity index (χ3v) is 4.53. The molecule has 122 valence electrons. The third-order valence-electron chi connectivity index (χ3n) is 3.70. The van der Waals surface area contributed by atoms with E-state index in [4.69, 9.17) is 10.5 Å². The minimum atomic E-state index is 0.745. The number of aromatic nitrogens is 3. The van der Waals surface area contributed by atoms with E-state index in [0.29, 0.717) is 0 Å². The maximum Gasteiger partial charge on any atom is 0.214 e. The SMILES string of the molecule is COc1cccc(C2=CSc3nnc(CCCCCN)n3N2)c1. The molecular formula is C16H21N5OS. The highest BCUT2D eigenvalue weighted by molar-refractivity contribution is 8.02. The number of hydrogen-bond donors (Lipinski definition) is 2. The molecule has 0 radical (unpaired) electrons. The van der Waals surface area contributed by atoms with Crippen LogP contribution in [0.3, 0.4) is 0 Å². The standard InChI is InChI=1S/C16H21N5OS/c1-22-13-7-5-6-12(10-13)14-11-23-16-19-18-15(21(16)20-14)8-3-2-4-9-17/h5-7,10-11,20H,2-4,8-9,17H2,1H3. The number of nitrogens with two attached hydrogens (primary N) is 1. The number of ether oxygens (including phenoxy) is 1. The van der Waals surface area contributed by atoms with E-state index < -0.39 is 0 Å². The number of nitrogens with one attached hydrogen (secondary N) is 1. The van der Waals surface area contributed by atoms with Crippen LogP contribution in [-0.4, -0.2) is 28.5 Å².